The molecule has 5 heteroatoms. The Morgan fingerprint density at radius 3 is 2.33 bits per heavy atom. The first-order valence-corrected chi connectivity index (χ1v) is 15.9. The van der Waals surface area contributed by atoms with E-state index < -0.39 is 0 Å². The average molecular weight is 611 g/mol. The van der Waals surface area contributed by atoms with E-state index in [1.807, 2.05) is 90.4 Å². The Kier molecular flexibility index (Phi) is 8.21. The molecule has 1 heterocycles. The molecular weight excluding hydrogens is 581 g/mol. The SMILES string of the molecule is N#Cc1cccc(/C(=C/C(N)c2ccccc2)N=Cc2cccc(Nc3cc4c(cc3-c3ccccc3)sc3ccccc34)c2)c1. The molecule has 4 nitrogen and oxygen atoms in total. The lowest BCUT2D eigenvalue weighted by atomic mass is 10.0. The molecule has 1 atom stereocenters. The van der Waals surface area contributed by atoms with Crippen molar-refractivity contribution >= 4 is 54.8 Å². The normalized spacial score (nSPS) is 12.4. The Balaban J connectivity index is 1.25. The number of nitrogens with zero attached hydrogens (tertiary/aromatic N) is 2. The quantitative estimate of drug-likeness (QED) is 0.168. The molecule has 0 aliphatic heterocycles. The maximum absolute atomic E-state index is 9.51. The van der Waals surface area contributed by atoms with Gasteiger partial charge in [0.05, 0.1) is 23.4 Å². The molecule has 0 bridgehead atoms. The largest absolute Gasteiger partial charge is 0.355 e. The van der Waals surface area contributed by atoms with E-state index in [0.29, 0.717) is 11.3 Å². The summed E-state index contributed by atoms with van der Waals surface area (Å²) in [5.41, 5.74) is 14.9. The van der Waals surface area contributed by atoms with Crippen LogP contribution < -0.4 is 11.1 Å². The fourth-order valence-corrected chi connectivity index (χ4v) is 6.76. The zero-order valence-corrected chi connectivity index (χ0v) is 25.8. The van der Waals surface area contributed by atoms with Gasteiger partial charge in [-0.25, -0.2) is 0 Å². The zero-order chi connectivity index (χ0) is 31.3. The molecule has 220 valence electrons. The van der Waals surface area contributed by atoms with Gasteiger partial charge in [0.2, 0.25) is 0 Å². The van der Waals surface area contributed by atoms with Gasteiger partial charge in [-0.2, -0.15) is 5.26 Å². The first-order chi connectivity index (χ1) is 22.6. The van der Waals surface area contributed by atoms with Gasteiger partial charge in [0, 0.05) is 48.9 Å². The summed E-state index contributed by atoms with van der Waals surface area (Å²) >= 11 is 1.82. The maximum atomic E-state index is 9.51. The number of fused-ring (bicyclic) bond motifs is 3. The summed E-state index contributed by atoms with van der Waals surface area (Å²) in [6, 6.07) is 51.1. The number of hydrogen-bond donors (Lipinski definition) is 2. The van der Waals surface area contributed by atoms with Gasteiger partial charge in [-0.3, -0.25) is 4.99 Å². The molecule has 0 aliphatic carbocycles. The molecule has 0 spiro atoms. The van der Waals surface area contributed by atoms with Crippen LogP contribution in [0.5, 0.6) is 0 Å². The van der Waals surface area contributed by atoms with Crippen molar-refractivity contribution in [2.24, 2.45) is 10.7 Å². The first-order valence-electron chi connectivity index (χ1n) is 15.1. The predicted octanol–water partition coefficient (Wildman–Crippen LogP) is 10.5. The van der Waals surface area contributed by atoms with E-state index >= 15 is 0 Å². The maximum Gasteiger partial charge on any atom is 0.0991 e. The van der Waals surface area contributed by atoms with Crippen LogP contribution in [0.4, 0.5) is 11.4 Å². The second-order valence-corrected chi connectivity index (χ2v) is 12.1. The van der Waals surface area contributed by atoms with Gasteiger partial charge in [-0.1, -0.05) is 103 Å². The van der Waals surface area contributed by atoms with Gasteiger partial charge >= 0.3 is 0 Å². The smallest absolute Gasteiger partial charge is 0.0991 e. The van der Waals surface area contributed by atoms with Crippen LogP contribution >= 0.6 is 11.3 Å². The number of hydrogen-bond acceptors (Lipinski definition) is 5. The summed E-state index contributed by atoms with van der Waals surface area (Å²) in [7, 11) is 0. The number of nitrogens with two attached hydrogens (primary N) is 1. The van der Waals surface area contributed by atoms with E-state index in [-0.39, 0.29) is 6.04 Å². The van der Waals surface area contributed by atoms with Crippen LogP contribution in [-0.4, -0.2) is 6.21 Å². The summed E-state index contributed by atoms with van der Waals surface area (Å²) in [4.78, 5) is 4.91. The zero-order valence-electron chi connectivity index (χ0n) is 25.0. The van der Waals surface area contributed by atoms with Crippen LogP contribution in [0.15, 0.2) is 157 Å². The summed E-state index contributed by atoms with van der Waals surface area (Å²) in [5, 5.41) is 15.7. The van der Waals surface area contributed by atoms with Crippen molar-refractivity contribution in [3.8, 4) is 17.2 Å². The Labute approximate surface area is 272 Å². The second-order valence-electron chi connectivity index (χ2n) is 11.0. The van der Waals surface area contributed by atoms with Gasteiger partial charge in [-0.05, 0) is 65.2 Å². The molecule has 1 unspecified atom stereocenters. The highest BCUT2D eigenvalue weighted by atomic mass is 32.1. The number of thiophene rings is 1. The molecule has 6 aromatic carbocycles. The second kappa shape index (κ2) is 13.1. The highest BCUT2D eigenvalue weighted by molar-refractivity contribution is 7.25. The molecule has 0 fully saturated rings. The molecule has 1 aromatic heterocycles. The monoisotopic (exact) mass is 610 g/mol. The minimum absolute atomic E-state index is 0.355. The molecule has 46 heavy (non-hydrogen) atoms. The van der Waals surface area contributed by atoms with Gasteiger partial charge in [0.15, 0.2) is 0 Å². The van der Waals surface area contributed by atoms with E-state index in [9.17, 15) is 5.26 Å². The number of rotatable bonds is 8. The van der Waals surface area contributed by atoms with Crippen molar-refractivity contribution in [3.05, 3.63) is 174 Å². The minimum Gasteiger partial charge on any atom is -0.355 e. The number of nitrogens with one attached hydrogen (secondary N) is 1. The Bertz CT molecular complexity index is 2260. The highest BCUT2D eigenvalue weighted by Gasteiger charge is 2.13. The van der Waals surface area contributed by atoms with Crippen LogP contribution in [0.25, 0.3) is 37.0 Å². The van der Waals surface area contributed by atoms with Crippen LogP contribution in [-0.2, 0) is 0 Å². The van der Waals surface area contributed by atoms with E-state index in [1.165, 1.54) is 20.2 Å². The van der Waals surface area contributed by atoms with E-state index in [4.69, 9.17) is 10.7 Å². The lowest BCUT2D eigenvalue weighted by Gasteiger charge is -2.14. The standard InChI is InChI=1S/C41H30N4S/c42-26-28-11-9-17-32(21-28)38(25-37(43)31-15-5-2-6-16-31)44-27-29-12-10-18-33(22-29)45-39-23-36-34-19-7-8-20-40(34)46-41(36)24-35(39)30-13-3-1-4-14-30/h1-25,27,37,45H,43H2/b38-25-,44-27?. The topological polar surface area (TPSA) is 74.2 Å². The Hall–Kier alpha value is -5.80. The fraction of sp³-hybridized carbons (Fsp3) is 0.0244. The highest BCUT2D eigenvalue weighted by Crippen LogP contribution is 2.41. The van der Waals surface area contributed by atoms with Crippen molar-refractivity contribution in [2.45, 2.75) is 6.04 Å². The average Bonchev–Trinajstić information content (AvgIpc) is 3.48. The van der Waals surface area contributed by atoms with E-state index in [1.54, 1.807) is 6.07 Å². The molecule has 3 N–H and O–H groups in total. The first kappa shape index (κ1) is 28.9. The van der Waals surface area contributed by atoms with E-state index in [0.717, 1.165) is 39.2 Å². The number of nitriles is 1. The van der Waals surface area contributed by atoms with Gasteiger partial charge in [0.25, 0.3) is 0 Å². The lowest BCUT2D eigenvalue weighted by molar-refractivity contribution is 0.911. The number of benzene rings is 6. The molecule has 0 saturated heterocycles. The lowest BCUT2D eigenvalue weighted by Crippen LogP contribution is -2.07. The number of anilines is 2. The Morgan fingerprint density at radius 2 is 1.50 bits per heavy atom. The molecule has 0 aliphatic rings. The van der Waals surface area contributed by atoms with Crippen molar-refractivity contribution in [3.63, 3.8) is 0 Å². The van der Waals surface area contributed by atoms with Gasteiger partial charge in [0.1, 0.15) is 0 Å². The summed E-state index contributed by atoms with van der Waals surface area (Å²) < 4.78 is 2.54. The third kappa shape index (κ3) is 6.22. The van der Waals surface area contributed by atoms with Crippen molar-refractivity contribution < 1.29 is 0 Å². The Morgan fingerprint density at radius 1 is 0.739 bits per heavy atom. The predicted molar refractivity (Wildman–Crippen MR) is 195 cm³/mol. The van der Waals surface area contributed by atoms with E-state index in [2.05, 4.69) is 84.2 Å². The fourth-order valence-electron chi connectivity index (χ4n) is 5.63. The third-order valence-electron chi connectivity index (χ3n) is 7.93. The number of aliphatic imine (C=N–C) groups is 1. The third-order valence-corrected chi connectivity index (χ3v) is 9.06. The molecule has 0 amide bonds. The molecule has 7 aromatic rings. The molecular formula is C41H30N4S. The molecule has 0 saturated carbocycles. The van der Waals surface area contributed by atoms with Crippen LogP contribution in [0.3, 0.4) is 0 Å². The van der Waals surface area contributed by atoms with Gasteiger partial charge in [-0.15, -0.1) is 11.3 Å². The summed E-state index contributed by atoms with van der Waals surface area (Å²) in [5.74, 6) is 0. The van der Waals surface area contributed by atoms with Crippen molar-refractivity contribution in [1.29, 1.82) is 5.26 Å². The van der Waals surface area contributed by atoms with Crippen LogP contribution in [0.1, 0.15) is 28.3 Å². The minimum atomic E-state index is -0.355. The molecule has 0 radical (unpaired) electrons. The van der Waals surface area contributed by atoms with Crippen molar-refractivity contribution in [2.75, 3.05) is 5.32 Å². The van der Waals surface area contributed by atoms with Gasteiger partial charge < -0.3 is 11.1 Å². The summed E-state index contributed by atoms with van der Waals surface area (Å²) in [6.45, 7) is 0. The van der Waals surface area contributed by atoms with Crippen LogP contribution in [0, 0.1) is 11.3 Å². The van der Waals surface area contributed by atoms with Crippen LogP contribution in [0.2, 0.25) is 0 Å². The van der Waals surface area contributed by atoms with Crippen molar-refractivity contribution in [1.82, 2.24) is 0 Å². The summed E-state index contributed by atoms with van der Waals surface area (Å²) in [6.07, 6.45) is 3.79. The molecule has 7 rings (SSSR count).